The van der Waals surface area contributed by atoms with Crippen LogP contribution in [0.2, 0.25) is 5.02 Å². The first-order valence-corrected chi connectivity index (χ1v) is 4.57. The van der Waals surface area contributed by atoms with Crippen molar-refractivity contribution in [1.29, 1.82) is 0 Å². The van der Waals surface area contributed by atoms with Gasteiger partial charge in [0.05, 0.1) is 5.02 Å². The maximum atomic E-state index is 12.9. The Bertz CT molecular complexity index is 352. The molecule has 0 aliphatic heterocycles. The molecule has 0 saturated carbocycles. The summed E-state index contributed by atoms with van der Waals surface area (Å²) in [6.07, 6.45) is 4.02. The first kappa shape index (κ1) is 11.0. The first-order valence-electron chi connectivity index (χ1n) is 4.19. The van der Waals surface area contributed by atoms with E-state index in [1.807, 2.05) is 0 Å². The summed E-state index contributed by atoms with van der Waals surface area (Å²) in [4.78, 5) is 0. The molecule has 0 spiro atoms. The minimum atomic E-state index is -0.472. The van der Waals surface area contributed by atoms with E-state index in [-0.39, 0.29) is 10.8 Å². The van der Waals surface area contributed by atoms with E-state index in [9.17, 15) is 9.50 Å². The molecule has 3 N–H and O–H groups in total. The predicted molar refractivity (Wildman–Crippen MR) is 55.8 cm³/mol. The molecular formula is C10H11ClFNO. The summed E-state index contributed by atoms with van der Waals surface area (Å²) in [6, 6.07) is 2.28. The van der Waals surface area contributed by atoms with Gasteiger partial charge in [0.2, 0.25) is 0 Å². The molecule has 76 valence electrons. The Labute approximate surface area is 86.8 Å². The van der Waals surface area contributed by atoms with Crippen LogP contribution in [0.1, 0.15) is 12.0 Å². The lowest BCUT2D eigenvalue weighted by Gasteiger charge is -2.01. The van der Waals surface area contributed by atoms with Gasteiger partial charge in [-0.05, 0) is 25.1 Å². The molecule has 0 heterocycles. The highest BCUT2D eigenvalue weighted by atomic mass is 35.5. The van der Waals surface area contributed by atoms with Crippen molar-refractivity contribution >= 4 is 17.7 Å². The molecule has 0 aliphatic rings. The number of phenols is 1. The van der Waals surface area contributed by atoms with Gasteiger partial charge in [0.15, 0.2) is 0 Å². The summed E-state index contributed by atoms with van der Waals surface area (Å²) in [7, 11) is 0. The van der Waals surface area contributed by atoms with Crippen LogP contribution in [0.3, 0.4) is 0 Å². The van der Waals surface area contributed by atoms with E-state index >= 15 is 0 Å². The Morgan fingerprint density at radius 3 is 2.86 bits per heavy atom. The zero-order valence-electron chi connectivity index (χ0n) is 7.50. The number of benzene rings is 1. The molecular weight excluding hydrogens is 205 g/mol. The van der Waals surface area contributed by atoms with E-state index in [0.29, 0.717) is 18.5 Å². The van der Waals surface area contributed by atoms with E-state index in [1.54, 1.807) is 12.2 Å². The molecule has 2 nitrogen and oxygen atoms in total. The van der Waals surface area contributed by atoms with Crippen molar-refractivity contribution in [2.75, 3.05) is 6.54 Å². The molecule has 0 unspecified atom stereocenters. The quantitative estimate of drug-likeness (QED) is 0.814. The molecule has 14 heavy (non-hydrogen) atoms. The Morgan fingerprint density at radius 1 is 1.50 bits per heavy atom. The average molecular weight is 216 g/mol. The van der Waals surface area contributed by atoms with Gasteiger partial charge < -0.3 is 10.8 Å². The summed E-state index contributed by atoms with van der Waals surface area (Å²) in [5.41, 5.74) is 5.64. The number of aromatic hydroxyl groups is 1. The molecule has 0 amide bonds. The second kappa shape index (κ2) is 4.98. The van der Waals surface area contributed by atoms with E-state index < -0.39 is 5.82 Å². The van der Waals surface area contributed by atoms with Gasteiger partial charge in [-0.15, -0.1) is 0 Å². The zero-order chi connectivity index (χ0) is 10.6. The van der Waals surface area contributed by atoms with Gasteiger partial charge >= 0.3 is 0 Å². The van der Waals surface area contributed by atoms with Gasteiger partial charge in [0, 0.05) is 5.56 Å². The molecule has 1 aromatic rings. The zero-order valence-corrected chi connectivity index (χ0v) is 8.26. The molecule has 0 aliphatic carbocycles. The molecule has 0 aromatic heterocycles. The van der Waals surface area contributed by atoms with Crippen LogP contribution in [0, 0.1) is 5.82 Å². The molecule has 4 heteroatoms. The van der Waals surface area contributed by atoms with Gasteiger partial charge in [-0.2, -0.15) is 0 Å². The van der Waals surface area contributed by atoms with Crippen molar-refractivity contribution in [3.05, 3.63) is 34.6 Å². The summed E-state index contributed by atoms with van der Waals surface area (Å²) >= 11 is 5.58. The van der Waals surface area contributed by atoms with E-state index in [4.69, 9.17) is 17.3 Å². The van der Waals surface area contributed by atoms with Crippen molar-refractivity contribution in [1.82, 2.24) is 0 Å². The lowest BCUT2D eigenvalue weighted by molar-refractivity contribution is 0.472. The number of hydrogen-bond donors (Lipinski definition) is 2. The van der Waals surface area contributed by atoms with Gasteiger partial charge in [0.1, 0.15) is 11.6 Å². The van der Waals surface area contributed by atoms with E-state index in [0.717, 1.165) is 6.07 Å². The number of nitrogens with two attached hydrogens (primary N) is 1. The summed E-state index contributed by atoms with van der Waals surface area (Å²) < 4.78 is 12.9. The fourth-order valence-electron chi connectivity index (χ4n) is 1.02. The Kier molecular flexibility index (Phi) is 3.92. The highest BCUT2D eigenvalue weighted by Gasteiger charge is 2.05. The topological polar surface area (TPSA) is 46.2 Å². The van der Waals surface area contributed by atoms with Gasteiger partial charge in [-0.25, -0.2) is 4.39 Å². The van der Waals surface area contributed by atoms with Crippen molar-refractivity contribution in [2.24, 2.45) is 5.73 Å². The monoisotopic (exact) mass is 215 g/mol. The van der Waals surface area contributed by atoms with Gasteiger partial charge in [-0.1, -0.05) is 23.8 Å². The Balaban J connectivity index is 2.96. The fourth-order valence-corrected chi connectivity index (χ4v) is 1.23. The van der Waals surface area contributed by atoms with E-state index in [2.05, 4.69) is 0 Å². The maximum absolute atomic E-state index is 12.9. The maximum Gasteiger partial charge on any atom is 0.141 e. The third-order valence-corrected chi connectivity index (χ3v) is 1.98. The van der Waals surface area contributed by atoms with Crippen molar-refractivity contribution < 1.29 is 9.50 Å². The second-order valence-electron chi connectivity index (χ2n) is 2.81. The minimum absolute atomic E-state index is 0.0115. The van der Waals surface area contributed by atoms with Gasteiger partial charge in [-0.3, -0.25) is 0 Å². The lowest BCUT2D eigenvalue weighted by Crippen LogP contribution is -1.95. The van der Waals surface area contributed by atoms with Crippen LogP contribution in [0.25, 0.3) is 6.08 Å². The first-order chi connectivity index (χ1) is 6.65. The van der Waals surface area contributed by atoms with Crippen LogP contribution < -0.4 is 5.73 Å². The molecule has 0 atom stereocenters. The Hall–Kier alpha value is -1.06. The molecule has 1 aromatic carbocycles. The molecule has 0 fully saturated rings. The highest BCUT2D eigenvalue weighted by Crippen LogP contribution is 2.29. The minimum Gasteiger partial charge on any atom is -0.506 e. The predicted octanol–water partition coefficient (Wildman–Crippen LogP) is 2.55. The van der Waals surface area contributed by atoms with E-state index in [1.165, 1.54) is 6.07 Å². The largest absolute Gasteiger partial charge is 0.506 e. The number of halogens is 2. The van der Waals surface area contributed by atoms with Crippen LogP contribution in [-0.4, -0.2) is 11.7 Å². The smallest absolute Gasteiger partial charge is 0.141 e. The van der Waals surface area contributed by atoms with Crippen LogP contribution in [-0.2, 0) is 0 Å². The SMILES string of the molecule is NCCC=Cc1cc(F)cc(Cl)c1O. The van der Waals surface area contributed by atoms with Crippen LogP contribution in [0.15, 0.2) is 18.2 Å². The Morgan fingerprint density at radius 2 is 2.21 bits per heavy atom. The van der Waals surface area contributed by atoms with Crippen molar-refractivity contribution in [3.8, 4) is 5.75 Å². The summed E-state index contributed by atoms with van der Waals surface area (Å²) in [5.74, 6) is -0.582. The van der Waals surface area contributed by atoms with Crippen LogP contribution in [0.5, 0.6) is 5.75 Å². The second-order valence-corrected chi connectivity index (χ2v) is 3.21. The van der Waals surface area contributed by atoms with Crippen LogP contribution >= 0.6 is 11.6 Å². The molecule has 1 rings (SSSR count). The molecule has 0 saturated heterocycles. The van der Waals surface area contributed by atoms with Crippen molar-refractivity contribution in [3.63, 3.8) is 0 Å². The normalized spacial score (nSPS) is 11.1. The number of rotatable bonds is 3. The highest BCUT2D eigenvalue weighted by molar-refractivity contribution is 6.32. The standard InChI is InChI=1S/C10H11ClFNO/c11-9-6-8(12)5-7(10(9)14)3-1-2-4-13/h1,3,5-6,14H,2,4,13H2. The third-order valence-electron chi connectivity index (χ3n) is 1.69. The number of phenolic OH excluding ortho intramolecular Hbond substituents is 1. The average Bonchev–Trinajstić information content (AvgIpc) is 2.13. The molecule has 0 radical (unpaired) electrons. The summed E-state index contributed by atoms with van der Waals surface area (Å²) in [6.45, 7) is 0.514. The fraction of sp³-hybridized carbons (Fsp3) is 0.200. The lowest BCUT2D eigenvalue weighted by atomic mass is 10.1. The van der Waals surface area contributed by atoms with Crippen LogP contribution in [0.4, 0.5) is 4.39 Å². The molecule has 0 bridgehead atoms. The summed E-state index contributed by atoms with van der Waals surface area (Å²) in [5, 5.41) is 9.45. The third kappa shape index (κ3) is 2.72. The van der Waals surface area contributed by atoms with Gasteiger partial charge in [0.25, 0.3) is 0 Å². The van der Waals surface area contributed by atoms with Crippen molar-refractivity contribution in [2.45, 2.75) is 6.42 Å². The number of hydrogen-bond acceptors (Lipinski definition) is 2.